The van der Waals surface area contributed by atoms with Gasteiger partial charge in [0.1, 0.15) is 6.61 Å². The highest BCUT2D eigenvalue weighted by atomic mass is 79.9. The van der Waals surface area contributed by atoms with Crippen LogP contribution in [0, 0.1) is 0 Å². The van der Waals surface area contributed by atoms with E-state index < -0.39 is 0 Å². The lowest BCUT2D eigenvalue weighted by atomic mass is 9.70. The lowest BCUT2D eigenvalue weighted by molar-refractivity contribution is 0.181. The highest BCUT2D eigenvalue weighted by Gasteiger charge is 2.42. The van der Waals surface area contributed by atoms with Crippen LogP contribution in [0.3, 0.4) is 0 Å². The van der Waals surface area contributed by atoms with Crippen molar-refractivity contribution in [2.45, 2.75) is 6.10 Å². The Bertz CT molecular complexity index is 418. The van der Waals surface area contributed by atoms with Gasteiger partial charge in [-0.15, -0.1) is 0 Å². The molecule has 0 aromatic rings. The van der Waals surface area contributed by atoms with Crippen molar-refractivity contribution in [3.63, 3.8) is 0 Å². The Kier molecular flexibility index (Phi) is 2.67. The molecule has 2 N–H and O–H groups in total. The summed E-state index contributed by atoms with van der Waals surface area (Å²) >= 11 is 3.55. The van der Waals surface area contributed by atoms with Crippen LogP contribution >= 0.6 is 15.9 Å². The smallest absolute Gasteiger partial charge is 0.495 e. The van der Waals surface area contributed by atoms with E-state index in [1.807, 2.05) is 6.08 Å². The fourth-order valence-electron chi connectivity index (χ4n) is 2.15. The van der Waals surface area contributed by atoms with Crippen molar-refractivity contribution < 1.29 is 14.0 Å². The minimum atomic E-state index is -0.286. The molecule has 16 heavy (non-hydrogen) atoms. The van der Waals surface area contributed by atoms with E-state index in [0.717, 1.165) is 21.1 Å². The van der Waals surface area contributed by atoms with E-state index in [2.05, 4.69) is 15.9 Å². The van der Waals surface area contributed by atoms with E-state index in [9.17, 15) is 0 Å². The van der Waals surface area contributed by atoms with E-state index in [0.29, 0.717) is 19.8 Å². The summed E-state index contributed by atoms with van der Waals surface area (Å²) in [6.07, 6.45) is 3.52. The molecule has 0 saturated carbocycles. The Hall–Kier alpha value is -0.555. The van der Waals surface area contributed by atoms with Crippen LogP contribution in [0.15, 0.2) is 33.4 Å². The fraction of sp³-hybridized carbons (Fsp3) is 0.400. The summed E-state index contributed by atoms with van der Waals surface area (Å²) in [5.74, 6) is 0. The van der Waals surface area contributed by atoms with E-state index in [1.165, 1.54) is 0 Å². The summed E-state index contributed by atoms with van der Waals surface area (Å²) in [6.45, 7) is 1.58. The number of halogens is 1. The van der Waals surface area contributed by atoms with Gasteiger partial charge in [0.05, 0.1) is 19.0 Å². The summed E-state index contributed by atoms with van der Waals surface area (Å²) in [6, 6.07) is 0. The maximum atomic E-state index is 5.76. The van der Waals surface area contributed by atoms with Gasteiger partial charge in [-0.1, -0.05) is 15.9 Å². The van der Waals surface area contributed by atoms with Gasteiger partial charge in [0, 0.05) is 11.0 Å². The lowest BCUT2D eigenvalue weighted by Gasteiger charge is -2.27. The molecule has 0 aromatic heterocycles. The molecule has 0 fully saturated rings. The van der Waals surface area contributed by atoms with Gasteiger partial charge in [0.15, 0.2) is 0 Å². The van der Waals surface area contributed by atoms with Crippen LogP contribution in [0.25, 0.3) is 0 Å². The first-order chi connectivity index (χ1) is 7.81. The molecule has 3 aliphatic heterocycles. The monoisotopic (exact) mass is 283 g/mol. The van der Waals surface area contributed by atoms with E-state index in [-0.39, 0.29) is 13.2 Å². The first-order valence-electron chi connectivity index (χ1n) is 5.18. The van der Waals surface area contributed by atoms with Gasteiger partial charge in [0.25, 0.3) is 0 Å². The molecule has 0 unspecified atom stereocenters. The van der Waals surface area contributed by atoms with Gasteiger partial charge in [0.2, 0.25) is 0 Å². The minimum absolute atomic E-state index is 0.133. The maximum absolute atomic E-state index is 5.76. The summed E-state index contributed by atoms with van der Waals surface area (Å²) in [4.78, 5) is 0. The number of allylic oxidation sites excluding steroid dienone is 3. The van der Waals surface area contributed by atoms with Crippen LogP contribution in [-0.2, 0) is 14.0 Å². The molecule has 0 bridgehead atoms. The normalized spacial score (nSPS) is 28.1. The average Bonchev–Trinajstić information content (AvgIpc) is 2.57. The molecule has 3 aliphatic rings. The predicted molar refractivity (Wildman–Crippen MR) is 63.7 cm³/mol. The standard InChI is InChI=1S/C10H11BBrNO3/c12-10-7-1-2-14-4-6-5-15-11(9(6)7)16-8(10)3-13/h1-2,8H,3-5,13H2/t8-/m0/s1. The van der Waals surface area contributed by atoms with Crippen LogP contribution < -0.4 is 5.73 Å². The van der Waals surface area contributed by atoms with Gasteiger partial charge < -0.3 is 19.8 Å². The van der Waals surface area contributed by atoms with E-state index in [4.69, 9.17) is 19.8 Å². The summed E-state index contributed by atoms with van der Waals surface area (Å²) in [5.41, 5.74) is 9.02. The molecule has 0 amide bonds. The second-order valence-electron chi connectivity index (χ2n) is 3.90. The zero-order valence-electron chi connectivity index (χ0n) is 8.61. The molecule has 4 nitrogen and oxygen atoms in total. The first kappa shape index (κ1) is 10.6. The fourth-order valence-corrected chi connectivity index (χ4v) is 2.79. The van der Waals surface area contributed by atoms with Crippen molar-refractivity contribution >= 4 is 23.0 Å². The molecular weight excluding hydrogens is 273 g/mol. The molecule has 3 heterocycles. The second kappa shape index (κ2) is 4.03. The van der Waals surface area contributed by atoms with Crippen LogP contribution in [-0.4, -0.2) is 33.0 Å². The number of nitrogens with two attached hydrogens (primary N) is 1. The summed E-state index contributed by atoms with van der Waals surface area (Å²) in [7, 11) is -0.286. The van der Waals surface area contributed by atoms with Gasteiger partial charge in [-0.2, -0.15) is 0 Å². The SMILES string of the molecule is NC[C@@H]1OB2OCC3=C2C(=C1Br)C=COC3. The average molecular weight is 284 g/mol. The van der Waals surface area contributed by atoms with Crippen LogP contribution in [0.4, 0.5) is 0 Å². The molecule has 84 valence electrons. The van der Waals surface area contributed by atoms with Gasteiger partial charge in [-0.05, 0) is 22.7 Å². The van der Waals surface area contributed by atoms with Crippen molar-refractivity contribution in [2.24, 2.45) is 5.73 Å². The molecule has 0 aliphatic carbocycles. The van der Waals surface area contributed by atoms with Crippen LogP contribution in [0.1, 0.15) is 0 Å². The Morgan fingerprint density at radius 2 is 2.38 bits per heavy atom. The quantitative estimate of drug-likeness (QED) is 0.727. The Morgan fingerprint density at radius 3 is 3.19 bits per heavy atom. The Balaban J connectivity index is 2.13. The minimum Gasteiger partial charge on any atom is -0.497 e. The van der Waals surface area contributed by atoms with Crippen molar-refractivity contribution in [1.82, 2.24) is 0 Å². The van der Waals surface area contributed by atoms with Crippen molar-refractivity contribution in [3.8, 4) is 0 Å². The van der Waals surface area contributed by atoms with Gasteiger partial charge in [-0.25, -0.2) is 0 Å². The van der Waals surface area contributed by atoms with Crippen LogP contribution in [0.5, 0.6) is 0 Å². The number of hydrogen-bond donors (Lipinski definition) is 1. The predicted octanol–water partition coefficient (Wildman–Crippen LogP) is 0.891. The maximum Gasteiger partial charge on any atom is 0.495 e. The summed E-state index contributed by atoms with van der Waals surface area (Å²) < 4.78 is 17.7. The third-order valence-electron chi connectivity index (χ3n) is 2.95. The topological polar surface area (TPSA) is 53.7 Å². The summed E-state index contributed by atoms with van der Waals surface area (Å²) in [5, 5.41) is 0. The third-order valence-corrected chi connectivity index (χ3v) is 3.88. The molecule has 3 rings (SSSR count). The zero-order valence-corrected chi connectivity index (χ0v) is 10.2. The van der Waals surface area contributed by atoms with E-state index in [1.54, 1.807) is 6.26 Å². The highest BCUT2D eigenvalue weighted by Crippen LogP contribution is 2.38. The molecule has 6 heteroatoms. The van der Waals surface area contributed by atoms with Gasteiger partial charge >= 0.3 is 7.12 Å². The van der Waals surface area contributed by atoms with Crippen LogP contribution in [0.2, 0.25) is 0 Å². The first-order valence-corrected chi connectivity index (χ1v) is 5.98. The second-order valence-corrected chi connectivity index (χ2v) is 4.75. The lowest BCUT2D eigenvalue weighted by Crippen LogP contribution is -2.38. The molecule has 0 aromatic carbocycles. The molecule has 0 spiro atoms. The highest BCUT2D eigenvalue weighted by molar-refractivity contribution is 9.11. The molecule has 0 saturated heterocycles. The molecule has 0 radical (unpaired) electrons. The third kappa shape index (κ3) is 1.49. The Labute approximate surface area is 102 Å². The van der Waals surface area contributed by atoms with Crippen molar-refractivity contribution in [3.05, 3.63) is 33.4 Å². The van der Waals surface area contributed by atoms with Gasteiger partial charge in [-0.3, -0.25) is 0 Å². The number of hydrogen-bond acceptors (Lipinski definition) is 4. The number of rotatable bonds is 1. The largest absolute Gasteiger partial charge is 0.497 e. The molecule has 1 atom stereocenters. The Morgan fingerprint density at radius 1 is 1.50 bits per heavy atom. The van der Waals surface area contributed by atoms with E-state index >= 15 is 0 Å². The zero-order chi connectivity index (χ0) is 11.1. The number of ether oxygens (including phenoxy) is 1. The van der Waals surface area contributed by atoms with Crippen molar-refractivity contribution in [1.29, 1.82) is 0 Å². The van der Waals surface area contributed by atoms with Crippen molar-refractivity contribution in [2.75, 3.05) is 19.8 Å². The molecular formula is C10H11BBrNO3.